The predicted octanol–water partition coefficient (Wildman–Crippen LogP) is 1.40. The van der Waals surface area contributed by atoms with Gasteiger partial charge in [0.1, 0.15) is 18.4 Å². The second kappa shape index (κ2) is 11.5. The van der Waals surface area contributed by atoms with E-state index in [0.717, 1.165) is 18.0 Å². The number of carbonyl (C=O) groups excluding carboxylic acids is 1. The van der Waals surface area contributed by atoms with Crippen molar-refractivity contribution in [3.05, 3.63) is 24.3 Å². The van der Waals surface area contributed by atoms with Crippen LogP contribution < -0.4 is 15.4 Å². The average Bonchev–Trinajstić information content (AvgIpc) is 2.49. The van der Waals surface area contributed by atoms with E-state index in [-0.39, 0.29) is 36.8 Å². The number of likely N-dealkylation sites (N-methyl/N-ethyl adjacent to an activating group) is 1. The fourth-order valence-corrected chi connectivity index (χ4v) is 1.94. The number of ether oxygens (including phenoxy) is 2. The summed E-state index contributed by atoms with van der Waals surface area (Å²) in [6, 6.07) is 7.11. The van der Waals surface area contributed by atoms with Gasteiger partial charge in [0.2, 0.25) is 5.91 Å². The fourth-order valence-electron chi connectivity index (χ4n) is 1.94. The predicted molar refractivity (Wildman–Crippen MR) is 96.2 cm³/mol. The van der Waals surface area contributed by atoms with E-state index < -0.39 is 0 Å². The number of nitrogens with one attached hydrogen (secondary N) is 2. The molecule has 1 aromatic carbocycles. The van der Waals surface area contributed by atoms with Gasteiger partial charge in [-0.1, -0.05) is 0 Å². The summed E-state index contributed by atoms with van der Waals surface area (Å²) in [6.45, 7) is 3.28. The van der Waals surface area contributed by atoms with E-state index in [0.29, 0.717) is 26.4 Å². The van der Waals surface area contributed by atoms with Crippen molar-refractivity contribution in [2.24, 2.45) is 0 Å². The van der Waals surface area contributed by atoms with E-state index >= 15 is 0 Å². The quantitative estimate of drug-likeness (QED) is 0.797. The van der Waals surface area contributed by atoms with Crippen LogP contribution in [-0.4, -0.2) is 63.9 Å². The summed E-state index contributed by atoms with van der Waals surface area (Å²) in [5.74, 6) is 0.727. The number of benzene rings is 1. The van der Waals surface area contributed by atoms with Crippen LogP contribution in [0.3, 0.4) is 0 Å². The van der Waals surface area contributed by atoms with Gasteiger partial charge in [0.15, 0.2) is 0 Å². The molecular weight excluding hydrogens is 341 g/mol. The molecule has 1 aliphatic rings. The van der Waals surface area contributed by atoms with Gasteiger partial charge < -0.3 is 25.0 Å². The molecule has 1 unspecified atom stereocenters. The van der Waals surface area contributed by atoms with E-state index in [1.54, 1.807) is 0 Å². The van der Waals surface area contributed by atoms with Crippen LogP contribution in [0.25, 0.3) is 0 Å². The molecule has 132 valence electrons. The standard InChI is InChI=1S/C15H23N3O3.2ClH/c1-18(2)8-10-21-13-5-3-12(4-6-13)17-15(19)14-11-20-9-7-16-14;;/h3-6,14,16H,7-11H2,1-2H3,(H,17,19);2*1H. The van der Waals surface area contributed by atoms with Crippen molar-refractivity contribution in [1.82, 2.24) is 10.2 Å². The maximum atomic E-state index is 12.0. The minimum atomic E-state index is -0.283. The van der Waals surface area contributed by atoms with Crippen molar-refractivity contribution in [1.29, 1.82) is 0 Å². The van der Waals surface area contributed by atoms with Crippen LogP contribution in [0.5, 0.6) is 5.75 Å². The van der Waals surface area contributed by atoms with Gasteiger partial charge in [0.05, 0.1) is 13.2 Å². The lowest BCUT2D eigenvalue weighted by Gasteiger charge is -2.22. The van der Waals surface area contributed by atoms with Crippen molar-refractivity contribution in [3.8, 4) is 5.75 Å². The Bertz CT molecular complexity index is 452. The van der Waals surface area contributed by atoms with Crippen LogP contribution in [-0.2, 0) is 9.53 Å². The van der Waals surface area contributed by atoms with Crippen molar-refractivity contribution >= 4 is 36.4 Å². The third-order valence-electron chi connectivity index (χ3n) is 3.17. The first-order valence-electron chi connectivity index (χ1n) is 7.15. The molecule has 1 fully saturated rings. The lowest BCUT2D eigenvalue weighted by Crippen LogP contribution is -2.48. The second-order valence-electron chi connectivity index (χ2n) is 5.25. The summed E-state index contributed by atoms with van der Waals surface area (Å²) < 4.78 is 10.9. The van der Waals surface area contributed by atoms with Crippen LogP contribution in [0.1, 0.15) is 0 Å². The molecule has 1 atom stereocenters. The highest BCUT2D eigenvalue weighted by Crippen LogP contribution is 2.16. The van der Waals surface area contributed by atoms with Gasteiger partial charge in [-0.05, 0) is 38.4 Å². The zero-order valence-electron chi connectivity index (χ0n) is 13.4. The number of anilines is 1. The van der Waals surface area contributed by atoms with Crippen LogP contribution in [0, 0.1) is 0 Å². The molecule has 0 bridgehead atoms. The van der Waals surface area contributed by atoms with Crippen molar-refractivity contribution in [3.63, 3.8) is 0 Å². The zero-order valence-corrected chi connectivity index (χ0v) is 15.0. The van der Waals surface area contributed by atoms with Crippen molar-refractivity contribution in [2.75, 3.05) is 52.3 Å². The summed E-state index contributed by atoms with van der Waals surface area (Å²) in [4.78, 5) is 14.1. The summed E-state index contributed by atoms with van der Waals surface area (Å²) in [6.07, 6.45) is 0. The monoisotopic (exact) mass is 365 g/mol. The van der Waals surface area contributed by atoms with Gasteiger partial charge >= 0.3 is 0 Å². The molecule has 1 amide bonds. The lowest BCUT2D eigenvalue weighted by atomic mass is 10.2. The Hall–Kier alpha value is -1.05. The Labute approximate surface area is 149 Å². The molecule has 0 radical (unpaired) electrons. The number of nitrogens with zero attached hydrogens (tertiary/aromatic N) is 1. The van der Waals surface area contributed by atoms with E-state index in [4.69, 9.17) is 9.47 Å². The number of halogens is 2. The molecule has 1 aliphatic heterocycles. The second-order valence-corrected chi connectivity index (χ2v) is 5.25. The van der Waals surface area contributed by atoms with Gasteiger partial charge in [-0.2, -0.15) is 0 Å². The molecular formula is C15H25Cl2N3O3. The summed E-state index contributed by atoms with van der Waals surface area (Å²) in [7, 11) is 4.01. The van der Waals surface area contributed by atoms with E-state index in [1.165, 1.54) is 0 Å². The molecule has 2 rings (SSSR count). The Balaban J connectivity index is 0.00000242. The molecule has 0 spiro atoms. The SMILES string of the molecule is CN(C)CCOc1ccc(NC(=O)C2COCCN2)cc1.Cl.Cl. The third-order valence-corrected chi connectivity index (χ3v) is 3.17. The van der Waals surface area contributed by atoms with Gasteiger partial charge in [-0.3, -0.25) is 4.79 Å². The maximum Gasteiger partial charge on any atom is 0.243 e. The lowest BCUT2D eigenvalue weighted by molar-refractivity contribution is -0.120. The zero-order chi connectivity index (χ0) is 15.1. The molecule has 1 saturated heterocycles. The largest absolute Gasteiger partial charge is 0.492 e. The molecule has 6 nitrogen and oxygen atoms in total. The minimum Gasteiger partial charge on any atom is -0.492 e. The van der Waals surface area contributed by atoms with E-state index in [1.807, 2.05) is 38.4 Å². The molecule has 1 heterocycles. The topological polar surface area (TPSA) is 62.8 Å². The molecule has 0 aliphatic carbocycles. The van der Waals surface area contributed by atoms with Gasteiger partial charge in [-0.15, -0.1) is 24.8 Å². The maximum absolute atomic E-state index is 12.0. The van der Waals surface area contributed by atoms with Crippen molar-refractivity contribution in [2.45, 2.75) is 6.04 Å². The van der Waals surface area contributed by atoms with Crippen LogP contribution in [0.4, 0.5) is 5.69 Å². The Morgan fingerprint density at radius 3 is 2.61 bits per heavy atom. The van der Waals surface area contributed by atoms with Gasteiger partial charge in [0, 0.05) is 18.8 Å². The van der Waals surface area contributed by atoms with Crippen LogP contribution in [0.15, 0.2) is 24.3 Å². The highest BCUT2D eigenvalue weighted by molar-refractivity contribution is 5.95. The van der Waals surface area contributed by atoms with E-state index in [2.05, 4.69) is 15.5 Å². The number of hydrogen-bond acceptors (Lipinski definition) is 5. The number of amides is 1. The highest BCUT2D eigenvalue weighted by atomic mass is 35.5. The smallest absolute Gasteiger partial charge is 0.243 e. The average molecular weight is 366 g/mol. The molecule has 0 saturated carbocycles. The Morgan fingerprint density at radius 1 is 1.35 bits per heavy atom. The number of morpholine rings is 1. The first kappa shape index (κ1) is 21.9. The summed E-state index contributed by atoms with van der Waals surface area (Å²) in [5, 5.41) is 5.99. The number of carbonyl (C=O) groups is 1. The first-order chi connectivity index (χ1) is 10.1. The number of rotatable bonds is 6. The molecule has 2 N–H and O–H groups in total. The summed E-state index contributed by atoms with van der Waals surface area (Å²) >= 11 is 0. The van der Waals surface area contributed by atoms with Gasteiger partial charge in [-0.25, -0.2) is 0 Å². The van der Waals surface area contributed by atoms with Crippen LogP contribution >= 0.6 is 24.8 Å². The van der Waals surface area contributed by atoms with Crippen molar-refractivity contribution < 1.29 is 14.3 Å². The summed E-state index contributed by atoms with van der Waals surface area (Å²) in [5.41, 5.74) is 0.757. The highest BCUT2D eigenvalue weighted by Gasteiger charge is 2.20. The van der Waals surface area contributed by atoms with Crippen LogP contribution in [0.2, 0.25) is 0 Å². The number of hydrogen-bond donors (Lipinski definition) is 2. The Kier molecular flexibility index (Phi) is 11.0. The normalized spacial score (nSPS) is 16.9. The molecule has 0 aromatic heterocycles. The fraction of sp³-hybridized carbons (Fsp3) is 0.533. The first-order valence-corrected chi connectivity index (χ1v) is 7.15. The molecule has 8 heteroatoms. The van der Waals surface area contributed by atoms with Gasteiger partial charge in [0.25, 0.3) is 0 Å². The molecule has 23 heavy (non-hydrogen) atoms. The Morgan fingerprint density at radius 2 is 2.04 bits per heavy atom. The molecule has 1 aromatic rings. The third kappa shape index (κ3) is 7.85. The minimum absolute atomic E-state index is 0. The van der Waals surface area contributed by atoms with E-state index in [9.17, 15) is 4.79 Å².